The number of allylic oxidation sites excluding steroid dienone is 4. The lowest BCUT2D eigenvalue weighted by atomic mass is 9.86. The molecule has 1 aliphatic carbocycles. The van der Waals surface area contributed by atoms with Crippen LogP contribution in [0.3, 0.4) is 0 Å². The monoisotopic (exact) mass is 194 g/mol. The molecule has 0 N–H and O–H groups in total. The second-order valence-corrected chi connectivity index (χ2v) is 3.84. The van der Waals surface area contributed by atoms with E-state index >= 15 is 0 Å². The lowest BCUT2D eigenvalue weighted by Crippen LogP contribution is -2.03. The first-order valence-electron chi connectivity index (χ1n) is 6.12. The Morgan fingerprint density at radius 2 is 2.00 bits per heavy atom. The highest BCUT2D eigenvalue weighted by Crippen LogP contribution is 2.27. The van der Waals surface area contributed by atoms with Crippen molar-refractivity contribution in [3.63, 3.8) is 0 Å². The average Bonchev–Trinajstić information content (AvgIpc) is 2.22. The lowest BCUT2D eigenvalue weighted by molar-refractivity contribution is 0.572. The summed E-state index contributed by atoms with van der Waals surface area (Å²) in [4.78, 5) is 0. The molecule has 0 nitrogen and oxygen atoms in total. The maximum absolute atomic E-state index is 2.36. The van der Waals surface area contributed by atoms with Crippen molar-refractivity contribution in [1.82, 2.24) is 0 Å². The smallest absolute Gasteiger partial charge is 0.0226 e. The predicted molar refractivity (Wildman–Crippen MR) is 66.5 cm³/mol. The van der Waals surface area contributed by atoms with Gasteiger partial charge in [0, 0.05) is 0 Å². The summed E-state index contributed by atoms with van der Waals surface area (Å²) in [5.74, 6) is 0.806. The second kappa shape index (κ2) is 7.84. The van der Waals surface area contributed by atoms with Gasteiger partial charge < -0.3 is 0 Å². The zero-order chi connectivity index (χ0) is 11.0. The van der Waals surface area contributed by atoms with Crippen LogP contribution in [0.1, 0.15) is 60.3 Å². The van der Waals surface area contributed by atoms with Crippen molar-refractivity contribution in [3.05, 3.63) is 23.3 Å². The van der Waals surface area contributed by atoms with Crippen LogP contribution in [-0.2, 0) is 0 Å². The Morgan fingerprint density at radius 3 is 2.50 bits per heavy atom. The largest absolute Gasteiger partial charge is 0.0840 e. The van der Waals surface area contributed by atoms with Crippen molar-refractivity contribution >= 4 is 0 Å². The Bertz CT molecular complexity index is 196. The summed E-state index contributed by atoms with van der Waals surface area (Å²) in [7, 11) is 0. The molecular formula is C14H26. The van der Waals surface area contributed by atoms with Crippen LogP contribution in [0.25, 0.3) is 0 Å². The molecule has 1 unspecified atom stereocenters. The normalized spacial score (nSPS) is 17.5. The van der Waals surface area contributed by atoms with E-state index in [0.29, 0.717) is 0 Å². The van der Waals surface area contributed by atoms with Crippen LogP contribution in [0.5, 0.6) is 0 Å². The molecule has 0 aliphatic heterocycles. The van der Waals surface area contributed by atoms with Crippen molar-refractivity contribution in [2.75, 3.05) is 0 Å². The summed E-state index contributed by atoms with van der Waals surface area (Å²) in [5.41, 5.74) is 3.21. The Kier molecular flexibility index (Phi) is 7.55. The summed E-state index contributed by atoms with van der Waals surface area (Å²) >= 11 is 0. The first-order chi connectivity index (χ1) is 6.75. The fourth-order valence-corrected chi connectivity index (χ4v) is 2.05. The Hall–Kier alpha value is -0.520. The molecule has 0 spiro atoms. The van der Waals surface area contributed by atoms with E-state index in [1.54, 1.807) is 5.57 Å². The Balaban J connectivity index is 0.000000791. The molecule has 0 fully saturated rings. The van der Waals surface area contributed by atoms with Gasteiger partial charge in [-0.2, -0.15) is 0 Å². The van der Waals surface area contributed by atoms with Crippen molar-refractivity contribution in [2.45, 2.75) is 60.3 Å². The SMILES string of the molecule is CC.CCCC(C)C1=C(C)C=CCC1. The van der Waals surface area contributed by atoms with Crippen LogP contribution in [0.4, 0.5) is 0 Å². The number of hydrogen-bond acceptors (Lipinski definition) is 0. The third-order valence-electron chi connectivity index (χ3n) is 2.77. The van der Waals surface area contributed by atoms with E-state index in [-0.39, 0.29) is 0 Å². The molecule has 1 atom stereocenters. The van der Waals surface area contributed by atoms with Crippen LogP contribution in [0, 0.1) is 5.92 Å². The van der Waals surface area contributed by atoms with Crippen LogP contribution >= 0.6 is 0 Å². The van der Waals surface area contributed by atoms with E-state index in [2.05, 4.69) is 32.9 Å². The molecule has 0 amide bonds. The predicted octanol–water partition coefficient (Wildman–Crippen LogP) is 5.12. The molecule has 0 aromatic rings. The van der Waals surface area contributed by atoms with Crippen molar-refractivity contribution < 1.29 is 0 Å². The standard InChI is InChI=1S/C12H20.C2H6/c1-4-7-10(2)12-9-6-5-8-11(12)3;1-2/h5,8,10H,4,6-7,9H2,1-3H3;1-2H3. The third kappa shape index (κ3) is 4.13. The summed E-state index contributed by atoms with van der Waals surface area (Å²) in [6.45, 7) is 10.9. The summed E-state index contributed by atoms with van der Waals surface area (Å²) < 4.78 is 0. The van der Waals surface area contributed by atoms with Gasteiger partial charge in [-0.1, -0.05) is 57.4 Å². The fraction of sp³-hybridized carbons (Fsp3) is 0.714. The molecule has 0 aromatic carbocycles. The zero-order valence-electron chi connectivity index (χ0n) is 10.6. The van der Waals surface area contributed by atoms with E-state index in [1.807, 2.05) is 13.8 Å². The maximum atomic E-state index is 2.36. The summed E-state index contributed by atoms with van der Waals surface area (Å²) in [5, 5.41) is 0. The molecule has 1 rings (SSSR count). The zero-order valence-corrected chi connectivity index (χ0v) is 10.6. The lowest BCUT2D eigenvalue weighted by Gasteiger charge is -2.19. The molecule has 0 aromatic heterocycles. The van der Waals surface area contributed by atoms with E-state index in [0.717, 1.165) is 5.92 Å². The minimum atomic E-state index is 0.806. The van der Waals surface area contributed by atoms with Gasteiger partial charge in [-0.3, -0.25) is 0 Å². The molecule has 14 heavy (non-hydrogen) atoms. The number of rotatable bonds is 3. The average molecular weight is 194 g/mol. The van der Waals surface area contributed by atoms with E-state index in [9.17, 15) is 0 Å². The molecule has 0 heteroatoms. The van der Waals surface area contributed by atoms with Gasteiger partial charge in [-0.15, -0.1) is 0 Å². The van der Waals surface area contributed by atoms with E-state index < -0.39 is 0 Å². The van der Waals surface area contributed by atoms with Gasteiger partial charge in [0.05, 0.1) is 0 Å². The number of hydrogen-bond donors (Lipinski definition) is 0. The minimum Gasteiger partial charge on any atom is -0.0840 e. The summed E-state index contributed by atoms with van der Waals surface area (Å²) in [6.07, 6.45) is 9.77. The first kappa shape index (κ1) is 13.5. The summed E-state index contributed by atoms with van der Waals surface area (Å²) in [6, 6.07) is 0. The van der Waals surface area contributed by atoms with Gasteiger partial charge in [0.15, 0.2) is 0 Å². The molecule has 1 aliphatic rings. The third-order valence-corrected chi connectivity index (χ3v) is 2.77. The fourth-order valence-electron chi connectivity index (χ4n) is 2.05. The van der Waals surface area contributed by atoms with Gasteiger partial charge in [0.2, 0.25) is 0 Å². The van der Waals surface area contributed by atoms with Crippen LogP contribution in [-0.4, -0.2) is 0 Å². The highest BCUT2D eigenvalue weighted by atomic mass is 14.2. The van der Waals surface area contributed by atoms with Crippen LogP contribution < -0.4 is 0 Å². The minimum absolute atomic E-state index is 0.806. The molecule has 0 radical (unpaired) electrons. The molecule has 0 saturated carbocycles. The van der Waals surface area contributed by atoms with Crippen LogP contribution in [0.2, 0.25) is 0 Å². The highest BCUT2D eigenvalue weighted by molar-refractivity contribution is 5.28. The van der Waals surface area contributed by atoms with Gasteiger partial charge in [0.25, 0.3) is 0 Å². The quantitative estimate of drug-likeness (QED) is 0.585. The maximum Gasteiger partial charge on any atom is -0.0226 e. The molecule has 82 valence electrons. The van der Waals surface area contributed by atoms with E-state index in [4.69, 9.17) is 0 Å². The highest BCUT2D eigenvalue weighted by Gasteiger charge is 2.11. The van der Waals surface area contributed by atoms with Crippen molar-refractivity contribution in [1.29, 1.82) is 0 Å². The Labute approximate surface area is 90.1 Å². The van der Waals surface area contributed by atoms with Crippen molar-refractivity contribution in [3.8, 4) is 0 Å². The van der Waals surface area contributed by atoms with Crippen LogP contribution in [0.15, 0.2) is 23.3 Å². The molecule has 0 heterocycles. The second-order valence-electron chi connectivity index (χ2n) is 3.84. The van der Waals surface area contributed by atoms with Gasteiger partial charge in [-0.25, -0.2) is 0 Å². The van der Waals surface area contributed by atoms with Gasteiger partial charge in [-0.05, 0) is 32.1 Å². The topological polar surface area (TPSA) is 0 Å². The Morgan fingerprint density at radius 1 is 1.36 bits per heavy atom. The van der Waals surface area contributed by atoms with E-state index in [1.165, 1.54) is 31.3 Å². The molecule has 0 bridgehead atoms. The van der Waals surface area contributed by atoms with Crippen molar-refractivity contribution in [2.24, 2.45) is 5.92 Å². The first-order valence-corrected chi connectivity index (χ1v) is 6.12. The molecular weight excluding hydrogens is 168 g/mol. The van der Waals surface area contributed by atoms with Gasteiger partial charge >= 0.3 is 0 Å². The van der Waals surface area contributed by atoms with Gasteiger partial charge in [0.1, 0.15) is 0 Å². The molecule has 0 saturated heterocycles.